The van der Waals surface area contributed by atoms with Crippen LogP contribution in [0.2, 0.25) is 0 Å². The van der Waals surface area contributed by atoms with Gasteiger partial charge in [-0.15, -0.1) is 0 Å². The summed E-state index contributed by atoms with van der Waals surface area (Å²) in [5.74, 6) is 1.19. The van der Waals surface area contributed by atoms with Crippen LogP contribution in [-0.2, 0) is 16.6 Å². The summed E-state index contributed by atoms with van der Waals surface area (Å²) in [5.41, 5.74) is 2.18. The second-order valence-electron chi connectivity index (χ2n) is 6.89. The first-order valence-electron chi connectivity index (χ1n) is 9.32. The Morgan fingerprint density at radius 2 is 2.04 bits per heavy atom. The Bertz CT molecular complexity index is 694. The molecule has 0 amide bonds. The largest absolute Gasteiger partial charge is 0.356 e. The number of aliphatic imine (C=N–C) groups is 1. The lowest BCUT2D eigenvalue weighted by Crippen LogP contribution is -2.42. The lowest BCUT2D eigenvalue weighted by molar-refractivity contribution is 0.316. The van der Waals surface area contributed by atoms with Crippen molar-refractivity contribution >= 4 is 16.0 Å². The van der Waals surface area contributed by atoms with E-state index >= 15 is 0 Å². The summed E-state index contributed by atoms with van der Waals surface area (Å²) in [5, 5.41) is 10.7. The van der Waals surface area contributed by atoms with E-state index in [0.29, 0.717) is 25.0 Å². The van der Waals surface area contributed by atoms with Gasteiger partial charge in [0.1, 0.15) is 0 Å². The average molecular weight is 385 g/mol. The molecule has 8 nitrogen and oxygen atoms in total. The van der Waals surface area contributed by atoms with E-state index in [0.717, 1.165) is 43.7 Å². The predicted octanol–water partition coefficient (Wildman–Crippen LogP) is 0.775. The molecule has 148 valence electrons. The fraction of sp³-hybridized carbons (Fsp3) is 0.765. The Balaban J connectivity index is 1.60. The molecule has 0 bridgehead atoms. The van der Waals surface area contributed by atoms with Crippen LogP contribution < -0.4 is 15.4 Å². The maximum absolute atomic E-state index is 12.0. The molecular formula is C17H32N6O2S. The summed E-state index contributed by atoms with van der Waals surface area (Å²) in [6, 6.07) is 2.06. The van der Waals surface area contributed by atoms with Gasteiger partial charge >= 0.3 is 0 Å². The molecule has 26 heavy (non-hydrogen) atoms. The number of nitrogens with zero attached hydrogens (tertiary/aromatic N) is 3. The molecule has 1 aromatic rings. The molecule has 0 aromatic carbocycles. The second-order valence-corrected chi connectivity index (χ2v) is 8.82. The molecular weight excluding hydrogens is 352 g/mol. The minimum atomic E-state index is -3.23. The molecule has 0 radical (unpaired) electrons. The van der Waals surface area contributed by atoms with Crippen molar-refractivity contribution in [3.8, 4) is 0 Å². The second kappa shape index (κ2) is 9.91. The highest BCUT2D eigenvalue weighted by molar-refractivity contribution is 7.89. The van der Waals surface area contributed by atoms with Gasteiger partial charge in [0.15, 0.2) is 5.96 Å². The summed E-state index contributed by atoms with van der Waals surface area (Å²) in [4.78, 5) is 4.13. The molecule has 1 heterocycles. The Hall–Kier alpha value is -1.61. The summed E-state index contributed by atoms with van der Waals surface area (Å²) in [6.07, 6.45) is 4.39. The zero-order chi connectivity index (χ0) is 19.0. The topological polar surface area (TPSA) is 100 Å². The number of hydrogen-bond donors (Lipinski definition) is 3. The monoisotopic (exact) mass is 384 g/mol. The van der Waals surface area contributed by atoms with Crippen molar-refractivity contribution in [2.75, 3.05) is 32.4 Å². The number of guanidine groups is 1. The molecule has 1 aromatic heterocycles. The van der Waals surface area contributed by atoms with E-state index in [9.17, 15) is 8.42 Å². The SMILES string of the molecule is CN=C(NCCCn1nc(C)cc1C)NCCS(=O)(=O)NCC1CCC1. The summed E-state index contributed by atoms with van der Waals surface area (Å²) >= 11 is 0. The molecule has 2 rings (SSSR count). The highest BCUT2D eigenvalue weighted by Crippen LogP contribution is 2.25. The smallest absolute Gasteiger partial charge is 0.213 e. The molecule has 1 aliphatic rings. The number of rotatable bonds is 10. The predicted molar refractivity (Wildman–Crippen MR) is 105 cm³/mol. The van der Waals surface area contributed by atoms with Crippen molar-refractivity contribution in [1.29, 1.82) is 0 Å². The maximum Gasteiger partial charge on any atom is 0.213 e. The molecule has 0 spiro atoms. The number of sulfonamides is 1. The van der Waals surface area contributed by atoms with Gasteiger partial charge in [0, 0.05) is 38.9 Å². The van der Waals surface area contributed by atoms with Crippen LogP contribution in [0.15, 0.2) is 11.1 Å². The van der Waals surface area contributed by atoms with Gasteiger partial charge < -0.3 is 10.6 Å². The van der Waals surface area contributed by atoms with Gasteiger partial charge in [-0.05, 0) is 45.1 Å². The van der Waals surface area contributed by atoms with Crippen molar-refractivity contribution in [2.45, 2.75) is 46.1 Å². The van der Waals surface area contributed by atoms with Crippen molar-refractivity contribution < 1.29 is 8.42 Å². The van der Waals surface area contributed by atoms with Crippen molar-refractivity contribution in [1.82, 2.24) is 25.1 Å². The van der Waals surface area contributed by atoms with E-state index in [1.54, 1.807) is 7.05 Å². The molecule has 3 N–H and O–H groups in total. The van der Waals surface area contributed by atoms with Gasteiger partial charge in [-0.2, -0.15) is 5.10 Å². The van der Waals surface area contributed by atoms with Gasteiger partial charge in [0.25, 0.3) is 0 Å². The third-order valence-electron chi connectivity index (χ3n) is 4.65. The van der Waals surface area contributed by atoms with Crippen LogP contribution in [0.3, 0.4) is 0 Å². The number of nitrogens with one attached hydrogen (secondary N) is 3. The van der Waals surface area contributed by atoms with Crippen LogP contribution in [-0.4, -0.2) is 56.6 Å². The van der Waals surface area contributed by atoms with Crippen molar-refractivity contribution in [2.24, 2.45) is 10.9 Å². The van der Waals surface area contributed by atoms with Crippen molar-refractivity contribution in [3.05, 3.63) is 17.5 Å². The van der Waals surface area contributed by atoms with E-state index in [1.807, 2.05) is 18.5 Å². The van der Waals surface area contributed by atoms with Crippen LogP contribution in [0.1, 0.15) is 37.1 Å². The van der Waals surface area contributed by atoms with Crippen molar-refractivity contribution in [3.63, 3.8) is 0 Å². The Morgan fingerprint density at radius 1 is 1.31 bits per heavy atom. The van der Waals surface area contributed by atoms with Crippen LogP contribution in [0.5, 0.6) is 0 Å². The molecule has 0 saturated heterocycles. The van der Waals surface area contributed by atoms with Gasteiger partial charge in [-0.1, -0.05) is 6.42 Å². The van der Waals surface area contributed by atoms with Crippen LogP contribution >= 0.6 is 0 Å². The molecule has 9 heteroatoms. The first kappa shape index (κ1) is 20.7. The zero-order valence-corrected chi connectivity index (χ0v) is 16.9. The van der Waals surface area contributed by atoms with E-state index in [1.165, 1.54) is 6.42 Å². The van der Waals surface area contributed by atoms with Gasteiger partial charge in [-0.3, -0.25) is 9.67 Å². The third-order valence-corrected chi connectivity index (χ3v) is 5.99. The lowest BCUT2D eigenvalue weighted by Gasteiger charge is -2.25. The summed E-state index contributed by atoms with van der Waals surface area (Å²) < 4.78 is 28.6. The quantitative estimate of drug-likeness (QED) is 0.314. The minimum Gasteiger partial charge on any atom is -0.356 e. The first-order chi connectivity index (χ1) is 12.4. The normalized spacial score (nSPS) is 15.7. The standard InChI is InChI=1S/C17H32N6O2S/c1-14-12-15(2)23(22-14)10-5-8-19-17(18-3)20-9-11-26(24,25)21-13-16-6-4-7-16/h12,16,21H,4-11,13H2,1-3H3,(H2,18,19,20). The molecule has 1 fully saturated rings. The molecule has 1 aliphatic carbocycles. The molecule has 0 atom stereocenters. The number of hydrogen-bond acceptors (Lipinski definition) is 4. The van der Waals surface area contributed by atoms with E-state index < -0.39 is 10.0 Å². The summed E-state index contributed by atoms with van der Waals surface area (Å²) in [7, 11) is -1.55. The van der Waals surface area contributed by atoms with E-state index in [2.05, 4.69) is 31.5 Å². The zero-order valence-electron chi connectivity index (χ0n) is 16.1. The average Bonchev–Trinajstić information content (AvgIpc) is 2.85. The van der Waals surface area contributed by atoms with Crippen LogP contribution in [0.4, 0.5) is 0 Å². The molecule has 0 unspecified atom stereocenters. The summed E-state index contributed by atoms with van der Waals surface area (Å²) in [6.45, 7) is 6.52. The van der Waals surface area contributed by atoms with Gasteiger partial charge in [-0.25, -0.2) is 13.1 Å². The molecule has 1 saturated carbocycles. The minimum absolute atomic E-state index is 0.0478. The lowest BCUT2D eigenvalue weighted by atomic mass is 9.86. The Morgan fingerprint density at radius 3 is 2.62 bits per heavy atom. The fourth-order valence-electron chi connectivity index (χ4n) is 2.88. The van der Waals surface area contributed by atoms with E-state index in [4.69, 9.17) is 0 Å². The third kappa shape index (κ3) is 6.95. The fourth-order valence-corrected chi connectivity index (χ4v) is 3.88. The van der Waals surface area contributed by atoms with Crippen LogP contribution in [0.25, 0.3) is 0 Å². The maximum atomic E-state index is 12.0. The van der Waals surface area contributed by atoms with E-state index in [-0.39, 0.29) is 5.75 Å². The highest BCUT2D eigenvalue weighted by Gasteiger charge is 2.20. The highest BCUT2D eigenvalue weighted by atomic mass is 32.2. The number of aryl methyl sites for hydroxylation is 3. The molecule has 0 aliphatic heterocycles. The number of aromatic nitrogens is 2. The van der Waals surface area contributed by atoms with Crippen LogP contribution in [0, 0.1) is 19.8 Å². The van der Waals surface area contributed by atoms with Gasteiger partial charge in [0.2, 0.25) is 10.0 Å². The Kier molecular flexibility index (Phi) is 7.89. The van der Waals surface area contributed by atoms with Gasteiger partial charge in [0.05, 0.1) is 11.4 Å². The Labute approximate surface area is 156 Å². The first-order valence-corrected chi connectivity index (χ1v) is 11.0.